The molecule has 0 aromatic carbocycles. The van der Waals surface area contributed by atoms with E-state index in [1.807, 2.05) is 4.90 Å². The topological polar surface area (TPSA) is 146 Å². The molecule has 1 saturated heterocycles. The van der Waals surface area contributed by atoms with Crippen LogP contribution in [-0.4, -0.2) is 35.2 Å². The third-order valence-electron chi connectivity index (χ3n) is 3.21. The number of nitrogens with zero attached hydrogens (tertiary/aromatic N) is 3. The number of aromatic nitrogens is 2. The summed E-state index contributed by atoms with van der Waals surface area (Å²) in [5.74, 6) is -0.240. The second kappa shape index (κ2) is 6.63. The fraction of sp³-hybridized carbons (Fsp3) is 0.455. The Bertz CT molecular complexity index is 522. The first-order valence-corrected chi connectivity index (χ1v) is 5.96. The Hall–Kier alpha value is -1.72. The van der Waals surface area contributed by atoms with Gasteiger partial charge in [0.2, 0.25) is 5.91 Å². The molecule has 6 N–H and O–H groups in total. The van der Waals surface area contributed by atoms with E-state index in [2.05, 4.69) is 9.97 Å². The van der Waals surface area contributed by atoms with Crippen LogP contribution in [0.25, 0.3) is 5.73 Å². The average Bonchev–Trinajstić information content (AvgIpc) is 2.38. The van der Waals surface area contributed by atoms with Crippen molar-refractivity contribution in [1.29, 1.82) is 5.41 Å². The van der Waals surface area contributed by atoms with Crippen LogP contribution in [0.2, 0.25) is 0 Å². The number of carbonyl (C=O) groups excluding carboxylic acids is 1. The standard InChI is InChI=1S/C11H17N7O.Re/c12-4-7-8(13)16-11(15)17-10(7)18-3-1-2-6(5-18)9(14)19;/h4,6H,1-3,5H2,(H7,12,13,14,15,16,17,19);/p-1/t6-;/m1./s1. The van der Waals surface area contributed by atoms with E-state index in [0.29, 0.717) is 24.5 Å². The molecule has 20 heavy (non-hydrogen) atoms. The van der Waals surface area contributed by atoms with Gasteiger partial charge in [-0.3, -0.25) is 4.79 Å². The Kier molecular flexibility index (Phi) is 5.42. The van der Waals surface area contributed by atoms with Gasteiger partial charge >= 0.3 is 0 Å². The van der Waals surface area contributed by atoms with Gasteiger partial charge in [0.05, 0.1) is 5.92 Å². The molecule has 1 aliphatic rings. The molecule has 0 unspecified atom stereocenters. The molecule has 0 bridgehead atoms. The van der Waals surface area contributed by atoms with Crippen molar-refractivity contribution in [3.8, 4) is 0 Å². The van der Waals surface area contributed by atoms with Crippen LogP contribution in [-0.2, 0) is 25.2 Å². The number of primary amides is 1. The van der Waals surface area contributed by atoms with Gasteiger partial charge in [0.1, 0.15) is 11.8 Å². The molecule has 0 spiro atoms. The van der Waals surface area contributed by atoms with Crippen molar-refractivity contribution in [1.82, 2.24) is 9.97 Å². The van der Waals surface area contributed by atoms with Gasteiger partial charge in [0.25, 0.3) is 0 Å². The maximum absolute atomic E-state index is 11.3. The summed E-state index contributed by atoms with van der Waals surface area (Å²) in [6.45, 7) is 1.13. The van der Waals surface area contributed by atoms with Crippen LogP contribution in [0.4, 0.5) is 17.6 Å². The molecule has 1 radical (unpaired) electrons. The maximum atomic E-state index is 11.3. The largest absolute Gasteiger partial charge is 0.481 e. The molecular weight excluding hydrogens is 432 g/mol. The van der Waals surface area contributed by atoms with E-state index in [4.69, 9.17) is 22.6 Å². The first kappa shape index (κ1) is 16.3. The Morgan fingerprint density at radius 2 is 2.20 bits per heavy atom. The van der Waals surface area contributed by atoms with E-state index >= 15 is 0 Å². The van der Waals surface area contributed by atoms with Gasteiger partial charge < -0.3 is 32.5 Å². The third-order valence-corrected chi connectivity index (χ3v) is 3.21. The van der Waals surface area contributed by atoms with Crippen molar-refractivity contribution in [2.45, 2.75) is 12.8 Å². The number of piperidine rings is 1. The van der Waals surface area contributed by atoms with Crippen LogP contribution in [0.3, 0.4) is 0 Å². The minimum Gasteiger partial charge on any atom is -0.481 e. The molecule has 0 saturated carbocycles. The molecule has 1 aromatic rings. The SMILES string of the molecule is N=Cc1c([NH-])nc(N)nc1N1CCC[C@@H](C(N)=O)C1.[Re]. The zero-order chi connectivity index (χ0) is 14.0. The number of carbonyl (C=O) groups is 1. The number of hydrogen-bond acceptors (Lipinski definition) is 6. The van der Waals surface area contributed by atoms with Crippen molar-refractivity contribution in [2.75, 3.05) is 23.7 Å². The van der Waals surface area contributed by atoms with E-state index < -0.39 is 0 Å². The number of hydrogen-bond donors (Lipinski definition) is 3. The van der Waals surface area contributed by atoms with Crippen LogP contribution < -0.4 is 16.4 Å². The summed E-state index contributed by atoms with van der Waals surface area (Å²) in [5, 5.41) is 7.37. The summed E-state index contributed by atoms with van der Waals surface area (Å²) in [7, 11) is 0. The van der Waals surface area contributed by atoms with Crippen molar-refractivity contribution >= 4 is 29.7 Å². The molecular formula is C11H16N7ORe-. The molecule has 1 aromatic heterocycles. The number of amides is 1. The number of nitrogens with one attached hydrogen (secondary N) is 2. The molecule has 9 heteroatoms. The number of nitrogens with two attached hydrogens (primary N) is 2. The fourth-order valence-corrected chi connectivity index (χ4v) is 2.25. The van der Waals surface area contributed by atoms with E-state index in [9.17, 15) is 4.79 Å². The molecule has 1 aliphatic heterocycles. The van der Waals surface area contributed by atoms with Gasteiger partial charge in [-0.05, 0) is 18.7 Å². The number of nitrogen functional groups attached to an aromatic ring is 1. The van der Waals surface area contributed by atoms with E-state index in [0.717, 1.165) is 19.1 Å². The summed E-state index contributed by atoms with van der Waals surface area (Å²) in [5.41, 5.74) is 18.9. The molecule has 1 amide bonds. The average molecular weight is 449 g/mol. The van der Waals surface area contributed by atoms with Crippen LogP contribution in [0.15, 0.2) is 0 Å². The van der Waals surface area contributed by atoms with Crippen LogP contribution in [0, 0.1) is 11.3 Å². The molecule has 109 valence electrons. The Morgan fingerprint density at radius 3 is 2.80 bits per heavy atom. The summed E-state index contributed by atoms with van der Waals surface area (Å²) < 4.78 is 0. The third kappa shape index (κ3) is 3.24. The summed E-state index contributed by atoms with van der Waals surface area (Å²) in [6.07, 6.45) is 2.59. The Balaban J connectivity index is 0.00000200. The summed E-state index contributed by atoms with van der Waals surface area (Å²) in [6, 6.07) is 0. The molecule has 1 atom stereocenters. The van der Waals surface area contributed by atoms with E-state index in [-0.39, 0.29) is 44.0 Å². The molecule has 2 heterocycles. The van der Waals surface area contributed by atoms with E-state index in [1.54, 1.807) is 0 Å². The van der Waals surface area contributed by atoms with Gasteiger partial charge in [0.15, 0.2) is 0 Å². The Labute approximate surface area is 130 Å². The first-order chi connectivity index (χ1) is 9.02. The normalized spacial score (nSPS) is 18.2. The predicted octanol–water partition coefficient (Wildman–Crippen LogP) is 0.439. The minimum absolute atomic E-state index is 0. The van der Waals surface area contributed by atoms with Gasteiger partial charge in [-0.25, -0.2) is 4.98 Å². The van der Waals surface area contributed by atoms with E-state index in [1.165, 1.54) is 0 Å². The summed E-state index contributed by atoms with van der Waals surface area (Å²) in [4.78, 5) is 20.9. The minimum atomic E-state index is -0.339. The second-order valence-corrected chi connectivity index (χ2v) is 4.50. The zero-order valence-corrected chi connectivity index (χ0v) is 13.5. The first-order valence-electron chi connectivity index (χ1n) is 5.96. The molecule has 0 aliphatic carbocycles. The molecule has 2 rings (SSSR count). The number of rotatable bonds is 3. The monoisotopic (exact) mass is 449 g/mol. The Morgan fingerprint density at radius 1 is 1.50 bits per heavy atom. The number of anilines is 2. The molecule has 1 fully saturated rings. The zero-order valence-electron chi connectivity index (χ0n) is 10.8. The smallest absolute Gasteiger partial charge is 0.222 e. The van der Waals surface area contributed by atoms with Crippen molar-refractivity contribution in [3.05, 3.63) is 11.3 Å². The van der Waals surface area contributed by atoms with Gasteiger partial charge in [-0.1, -0.05) is 0 Å². The van der Waals surface area contributed by atoms with Gasteiger partial charge in [-0.15, -0.1) is 0 Å². The van der Waals surface area contributed by atoms with Crippen LogP contribution in [0.5, 0.6) is 0 Å². The fourth-order valence-electron chi connectivity index (χ4n) is 2.25. The van der Waals surface area contributed by atoms with Gasteiger partial charge in [0, 0.05) is 45.3 Å². The molecule has 8 nitrogen and oxygen atoms in total. The van der Waals surface area contributed by atoms with Crippen LogP contribution >= 0.6 is 0 Å². The van der Waals surface area contributed by atoms with Crippen molar-refractivity contribution < 1.29 is 25.2 Å². The maximum Gasteiger partial charge on any atom is 0.222 e. The quantitative estimate of drug-likeness (QED) is 0.575. The van der Waals surface area contributed by atoms with Crippen molar-refractivity contribution in [3.63, 3.8) is 0 Å². The van der Waals surface area contributed by atoms with Crippen LogP contribution in [0.1, 0.15) is 18.4 Å². The predicted molar refractivity (Wildman–Crippen MR) is 72.4 cm³/mol. The van der Waals surface area contributed by atoms with Gasteiger partial charge in [-0.2, -0.15) is 0 Å². The summed E-state index contributed by atoms with van der Waals surface area (Å²) >= 11 is 0. The second-order valence-electron chi connectivity index (χ2n) is 4.50. The van der Waals surface area contributed by atoms with Crippen molar-refractivity contribution in [2.24, 2.45) is 11.7 Å².